The van der Waals surface area contributed by atoms with Crippen LogP contribution in [0.15, 0.2) is 12.4 Å². The summed E-state index contributed by atoms with van der Waals surface area (Å²) in [4.78, 5) is 4.36. The van der Waals surface area contributed by atoms with Gasteiger partial charge in [-0.3, -0.25) is 4.68 Å². The van der Waals surface area contributed by atoms with Gasteiger partial charge in [0.05, 0.1) is 12.3 Å². The number of nitrogens with one attached hydrogen (secondary N) is 1. The zero-order valence-electron chi connectivity index (χ0n) is 13.4. The minimum Gasteiger partial charge on any atom is -0.383 e. The van der Waals surface area contributed by atoms with E-state index in [1.807, 2.05) is 19.4 Å². The molecule has 0 radical (unpaired) electrons. The monoisotopic (exact) mass is 291 g/mol. The average molecular weight is 291 g/mol. The van der Waals surface area contributed by atoms with Gasteiger partial charge in [0.25, 0.3) is 0 Å². The van der Waals surface area contributed by atoms with Crippen LogP contribution in [0.25, 0.3) is 0 Å². The molecule has 0 atom stereocenters. The maximum atomic E-state index is 5.04. The first kappa shape index (κ1) is 15.7. The molecule has 2 heterocycles. The van der Waals surface area contributed by atoms with Gasteiger partial charge in [0.2, 0.25) is 0 Å². The molecule has 0 bridgehead atoms. The Morgan fingerprint density at radius 1 is 1.33 bits per heavy atom. The highest BCUT2D eigenvalue weighted by molar-refractivity contribution is 5.24. The highest BCUT2D eigenvalue weighted by Crippen LogP contribution is 2.13. The first-order valence-electron chi connectivity index (χ1n) is 7.32. The fraction of sp³-hybridized carbons (Fsp3) is 0.600. The number of nitrogens with zero attached hydrogens (tertiary/aromatic N) is 4. The predicted molar refractivity (Wildman–Crippen MR) is 82.2 cm³/mol. The van der Waals surface area contributed by atoms with E-state index in [1.165, 1.54) is 11.3 Å². The Labute approximate surface area is 126 Å². The Balaban J connectivity index is 1.96. The minimum atomic E-state index is 0.728. The zero-order valence-corrected chi connectivity index (χ0v) is 13.4. The van der Waals surface area contributed by atoms with Crippen molar-refractivity contribution in [3.63, 3.8) is 0 Å². The van der Waals surface area contributed by atoms with Gasteiger partial charge in [-0.2, -0.15) is 5.10 Å². The molecule has 2 aromatic rings. The largest absolute Gasteiger partial charge is 0.383 e. The molecule has 0 saturated carbocycles. The number of rotatable bonds is 8. The van der Waals surface area contributed by atoms with Crippen LogP contribution in [0.5, 0.6) is 0 Å². The normalized spacial score (nSPS) is 11.2. The third-order valence-corrected chi connectivity index (χ3v) is 3.78. The van der Waals surface area contributed by atoms with E-state index in [-0.39, 0.29) is 0 Å². The van der Waals surface area contributed by atoms with Crippen molar-refractivity contribution >= 4 is 0 Å². The van der Waals surface area contributed by atoms with Crippen LogP contribution < -0.4 is 5.32 Å². The van der Waals surface area contributed by atoms with Gasteiger partial charge in [-0.05, 0) is 13.8 Å². The maximum Gasteiger partial charge on any atom is 0.110 e. The number of aryl methyl sites for hydroxylation is 4. The standard InChI is InChI=1S/C15H25N5O/c1-12-14(11-16-7-10-21-4)13(2)20(18-12)8-5-15-17-6-9-19(15)3/h6,9,16H,5,7-8,10-11H2,1-4H3. The molecule has 0 amide bonds. The number of methoxy groups -OCH3 is 1. The van der Waals surface area contributed by atoms with Gasteiger partial charge in [0.15, 0.2) is 0 Å². The number of ether oxygens (including phenoxy) is 1. The second-order valence-electron chi connectivity index (χ2n) is 5.25. The van der Waals surface area contributed by atoms with E-state index in [0.29, 0.717) is 0 Å². The quantitative estimate of drug-likeness (QED) is 0.743. The molecular weight excluding hydrogens is 266 g/mol. The molecule has 0 aliphatic heterocycles. The van der Waals surface area contributed by atoms with Crippen LogP contribution >= 0.6 is 0 Å². The third kappa shape index (κ3) is 3.92. The summed E-state index contributed by atoms with van der Waals surface area (Å²) in [5, 5.41) is 8.03. The number of aromatic nitrogens is 4. The molecule has 0 unspecified atom stereocenters. The molecule has 116 valence electrons. The summed E-state index contributed by atoms with van der Waals surface area (Å²) >= 11 is 0. The molecule has 0 fully saturated rings. The molecular formula is C15H25N5O. The van der Waals surface area contributed by atoms with E-state index >= 15 is 0 Å². The molecule has 0 saturated heterocycles. The second kappa shape index (κ2) is 7.38. The zero-order chi connectivity index (χ0) is 15.2. The molecule has 0 aliphatic rings. The fourth-order valence-corrected chi connectivity index (χ4v) is 2.44. The summed E-state index contributed by atoms with van der Waals surface area (Å²) in [5.41, 5.74) is 3.61. The molecule has 0 aromatic carbocycles. The molecule has 2 aromatic heterocycles. The van der Waals surface area contributed by atoms with Crippen LogP contribution in [-0.2, 0) is 31.3 Å². The summed E-state index contributed by atoms with van der Waals surface area (Å²) in [6, 6.07) is 0. The van der Waals surface area contributed by atoms with Gasteiger partial charge in [-0.25, -0.2) is 4.98 Å². The molecule has 0 spiro atoms. The first-order valence-corrected chi connectivity index (χ1v) is 7.32. The van der Waals surface area contributed by atoms with E-state index in [0.717, 1.165) is 44.2 Å². The van der Waals surface area contributed by atoms with Crippen molar-refractivity contribution < 1.29 is 4.74 Å². The lowest BCUT2D eigenvalue weighted by Crippen LogP contribution is -2.19. The molecule has 1 N–H and O–H groups in total. The van der Waals surface area contributed by atoms with Crippen molar-refractivity contribution in [1.29, 1.82) is 0 Å². The van der Waals surface area contributed by atoms with Crippen molar-refractivity contribution in [3.8, 4) is 0 Å². The summed E-state index contributed by atoms with van der Waals surface area (Å²) in [6.45, 7) is 7.47. The smallest absolute Gasteiger partial charge is 0.110 e. The van der Waals surface area contributed by atoms with Gasteiger partial charge in [-0.1, -0.05) is 0 Å². The molecule has 6 nitrogen and oxygen atoms in total. The van der Waals surface area contributed by atoms with Gasteiger partial charge < -0.3 is 14.6 Å². The SMILES string of the molecule is COCCNCc1c(C)nn(CCc2nccn2C)c1C. The van der Waals surface area contributed by atoms with Crippen molar-refractivity contribution in [1.82, 2.24) is 24.6 Å². The van der Waals surface area contributed by atoms with Crippen molar-refractivity contribution in [2.24, 2.45) is 7.05 Å². The van der Waals surface area contributed by atoms with Crippen molar-refractivity contribution in [2.45, 2.75) is 33.4 Å². The Bertz CT molecular complexity index is 573. The Kier molecular flexibility index (Phi) is 5.52. The van der Waals surface area contributed by atoms with Gasteiger partial charge in [0, 0.05) is 63.9 Å². The van der Waals surface area contributed by atoms with E-state index < -0.39 is 0 Å². The van der Waals surface area contributed by atoms with Crippen LogP contribution in [0.3, 0.4) is 0 Å². The van der Waals surface area contributed by atoms with Crippen molar-refractivity contribution in [3.05, 3.63) is 35.2 Å². The number of hydrogen-bond donors (Lipinski definition) is 1. The van der Waals surface area contributed by atoms with E-state index in [1.54, 1.807) is 7.11 Å². The van der Waals surface area contributed by atoms with Gasteiger partial charge in [0.1, 0.15) is 5.82 Å². The number of imidazole rings is 1. The average Bonchev–Trinajstić information content (AvgIpc) is 2.98. The Hall–Kier alpha value is -1.66. The Morgan fingerprint density at radius 3 is 2.81 bits per heavy atom. The minimum absolute atomic E-state index is 0.728. The molecule has 6 heteroatoms. The van der Waals surface area contributed by atoms with Crippen LogP contribution in [0.1, 0.15) is 22.8 Å². The summed E-state index contributed by atoms with van der Waals surface area (Å²) in [6.07, 6.45) is 4.70. The van der Waals surface area contributed by atoms with Crippen LogP contribution in [0.2, 0.25) is 0 Å². The lowest BCUT2D eigenvalue weighted by molar-refractivity contribution is 0.199. The van der Waals surface area contributed by atoms with Gasteiger partial charge in [-0.15, -0.1) is 0 Å². The number of hydrogen-bond acceptors (Lipinski definition) is 4. The third-order valence-electron chi connectivity index (χ3n) is 3.78. The molecule has 2 rings (SSSR count). The predicted octanol–water partition coefficient (Wildman–Crippen LogP) is 1.21. The van der Waals surface area contributed by atoms with E-state index in [9.17, 15) is 0 Å². The summed E-state index contributed by atoms with van der Waals surface area (Å²) in [5.74, 6) is 1.09. The molecule has 21 heavy (non-hydrogen) atoms. The topological polar surface area (TPSA) is 56.9 Å². The lowest BCUT2D eigenvalue weighted by Gasteiger charge is -2.07. The van der Waals surface area contributed by atoms with E-state index in [4.69, 9.17) is 4.74 Å². The highest BCUT2D eigenvalue weighted by atomic mass is 16.5. The summed E-state index contributed by atoms with van der Waals surface area (Å²) < 4.78 is 9.18. The summed E-state index contributed by atoms with van der Waals surface area (Å²) in [7, 11) is 3.74. The molecule has 0 aliphatic carbocycles. The fourth-order valence-electron chi connectivity index (χ4n) is 2.44. The van der Waals surface area contributed by atoms with E-state index in [2.05, 4.69) is 38.5 Å². The lowest BCUT2D eigenvalue weighted by atomic mass is 10.2. The highest BCUT2D eigenvalue weighted by Gasteiger charge is 2.11. The van der Waals surface area contributed by atoms with Crippen LogP contribution in [0.4, 0.5) is 0 Å². The maximum absolute atomic E-state index is 5.04. The van der Waals surface area contributed by atoms with Crippen molar-refractivity contribution in [2.75, 3.05) is 20.3 Å². The second-order valence-corrected chi connectivity index (χ2v) is 5.25. The van der Waals surface area contributed by atoms with Crippen LogP contribution in [0, 0.1) is 13.8 Å². The van der Waals surface area contributed by atoms with Crippen LogP contribution in [-0.4, -0.2) is 39.6 Å². The first-order chi connectivity index (χ1) is 10.1. The Morgan fingerprint density at radius 2 is 2.14 bits per heavy atom. The van der Waals surface area contributed by atoms with Gasteiger partial charge >= 0.3 is 0 Å².